The van der Waals surface area contributed by atoms with Gasteiger partial charge in [-0.15, -0.1) is 0 Å². The summed E-state index contributed by atoms with van der Waals surface area (Å²) in [7, 11) is 0. The smallest absolute Gasteiger partial charge is 0.173 e. The van der Waals surface area contributed by atoms with Gasteiger partial charge in [0.05, 0.1) is 36.4 Å². The van der Waals surface area contributed by atoms with E-state index in [1.807, 2.05) is 41.3 Å². The predicted octanol–water partition coefficient (Wildman–Crippen LogP) is 0.733. The number of ether oxygens (including phenoxy) is 2. The fourth-order valence-electron chi connectivity index (χ4n) is 4.01. The standard InChI is InChI=1S/C22H26N4O4/c23-22-17-6-5-16(28-10-2-7-25-8-11-27-12-9-25)13-19(17)24-15-26(22)20-3-1-4-21-18(20)14-29-30-21/h1,3-6,13H,2,7-12,14-15,23H2. The molecule has 5 rings (SSSR count). The summed E-state index contributed by atoms with van der Waals surface area (Å²) in [6.45, 7) is 6.22. The molecule has 8 nitrogen and oxygen atoms in total. The number of benzene rings is 2. The lowest BCUT2D eigenvalue weighted by Crippen LogP contribution is -2.44. The molecule has 3 aliphatic rings. The quantitative estimate of drug-likeness (QED) is 0.555. The molecule has 158 valence electrons. The van der Waals surface area contributed by atoms with Crippen LogP contribution in [0.3, 0.4) is 0 Å². The Balaban J connectivity index is 1.28. The summed E-state index contributed by atoms with van der Waals surface area (Å²) < 4.78 is 11.3. The number of anilines is 1. The van der Waals surface area contributed by atoms with Crippen LogP contribution in [0.2, 0.25) is 0 Å². The molecule has 2 aromatic carbocycles. The molecule has 0 atom stereocenters. The molecular weight excluding hydrogens is 384 g/mol. The van der Waals surface area contributed by atoms with Crippen molar-refractivity contribution in [1.82, 2.24) is 4.90 Å². The molecule has 2 N–H and O–H groups in total. The van der Waals surface area contributed by atoms with Gasteiger partial charge in [-0.3, -0.25) is 9.89 Å². The van der Waals surface area contributed by atoms with E-state index in [1.165, 1.54) is 0 Å². The van der Waals surface area contributed by atoms with Crippen LogP contribution in [0.25, 0.3) is 5.82 Å². The summed E-state index contributed by atoms with van der Waals surface area (Å²) in [5, 5.41) is 1.76. The third-order valence-corrected chi connectivity index (χ3v) is 5.66. The fraction of sp³-hybridized carbons (Fsp3) is 0.409. The van der Waals surface area contributed by atoms with E-state index in [2.05, 4.69) is 4.90 Å². The van der Waals surface area contributed by atoms with Crippen LogP contribution in [0, 0.1) is 0 Å². The average Bonchev–Trinajstić information content (AvgIpc) is 3.27. The lowest BCUT2D eigenvalue weighted by molar-refractivity contribution is -0.194. The zero-order valence-corrected chi connectivity index (χ0v) is 16.9. The topological polar surface area (TPSA) is 81.8 Å². The van der Waals surface area contributed by atoms with Crippen LogP contribution in [0.15, 0.2) is 41.4 Å². The number of rotatable bonds is 6. The first-order chi connectivity index (χ1) is 14.8. The van der Waals surface area contributed by atoms with Crippen molar-refractivity contribution < 1.29 is 19.2 Å². The van der Waals surface area contributed by atoms with Crippen molar-refractivity contribution in [2.75, 3.05) is 51.0 Å². The first kappa shape index (κ1) is 19.2. The van der Waals surface area contributed by atoms with E-state index in [9.17, 15) is 0 Å². The number of fused-ring (bicyclic) bond motifs is 2. The van der Waals surface area contributed by atoms with Crippen LogP contribution in [0.5, 0.6) is 11.5 Å². The van der Waals surface area contributed by atoms with Crippen molar-refractivity contribution in [3.63, 3.8) is 0 Å². The number of morpholine rings is 1. The Morgan fingerprint density at radius 3 is 2.93 bits per heavy atom. The van der Waals surface area contributed by atoms with Crippen LogP contribution in [-0.4, -0.2) is 51.0 Å². The van der Waals surface area contributed by atoms with Gasteiger partial charge in [0.15, 0.2) is 5.75 Å². The molecule has 1 fully saturated rings. The lowest BCUT2D eigenvalue weighted by Gasteiger charge is -2.27. The van der Waals surface area contributed by atoms with E-state index in [0.717, 1.165) is 72.6 Å². The molecule has 0 bridgehead atoms. The zero-order chi connectivity index (χ0) is 20.3. The Bertz CT molecular complexity index is 1040. The number of nitrogens with two attached hydrogens (primary N) is 1. The van der Waals surface area contributed by atoms with Gasteiger partial charge in [0.25, 0.3) is 0 Å². The van der Waals surface area contributed by atoms with Gasteiger partial charge in [0, 0.05) is 30.9 Å². The van der Waals surface area contributed by atoms with E-state index >= 15 is 0 Å². The Hall–Kier alpha value is -2.81. The van der Waals surface area contributed by atoms with Crippen LogP contribution >= 0.6 is 0 Å². The highest BCUT2D eigenvalue weighted by atomic mass is 17.2. The van der Waals surface area contributed by atoms with Gasteiger partial charge in [-0.1, -0.05) is 6.07 Å². The van der Waals surface area contributed by atoms with Crippen molar-refractivity contribution in [3.05, 3.63) is 52.5 Å². The maximum absolute atomic E-state index is 6.52. The van der Waals surface area contributed by atoms with Crippen molar-refractivity contribution in [3.8, 4) is 11.5 Å². The van der Waals surface area contributed by atoms with Crippen LogP contribution < -0.4 is 30.8 Å². The molecule has 0 amide bonds. The predicted molar refractivity (Wildman–Crippen MR) is 111 cm³/mol. The molecule has 0 saturated carbocycles. The fourth-order valence-corrected chi connectivity index (χ4v) is 4.01. The minimum absolute atomic E-state index is 0.402. The third-order valence-electron chi connectivity index (χ3n) is 5.66. The Morgan fingerprint density at radius 1 is 1.13 bits per heavy atom. The maximum Gasteiger partial charge on any atom is 0.173 e. The second-order valence-electron chi connectivity index (χ2n) is 7.55. The SMILES string of the molecule is NC1=c2ccc(OCCCN3CCOCC3)cc2=NCN1c1cccc2c1COO2. The largest absolute Gasteiger partial charge is 0.493 e. The Kier molecular flexibility index (Phi) is 5.44. The Labute approximate surface area is 175 Å². The number of hydrogen-bond donors (Lipinski definition) is 1. The van der Waals surface area contributed by atoms with Crippen molar-refractivity contribution in [2.45, 2.75) is 13.0 Å². The van der Waals surface area contributed by atoms with E-state index in [-0.39, 0.29) is 0 Å². The lowest BCUT2D eigenvalue weighted by atomic mass is 10.1. The molecule has 8 heteroatoms. The first-order valence-electron chi connectivity index (χ1n) is 10.4. The van der Waals surface area contributed by atoms with Gasteiger partial charge in [0.1, 0.15) is 24.8 Å². The van der Waals surface area contributed by atoms with Crippen molar-refractivity contribution in [1.29, 1.82) is 0 Å². The van der Waals surface area contributed by atoms with E-state index in [4.69, 9.17) is 30.0 Å². The van der Waals surface area contributed by atoms with Crippen molar-refractivity contribution >= 4 is 11.5 Å². The molecule has 3 aliphatic heterocycles. The minimum Gasteiger partial charge on any atom is -0.493 e. The number of nitrogens with zero attached hydrogens (tertiary/aromatic N) is 3. The number of hydrogen-bond acceptors (Lipinski definition) is 8. The van der Waals surface area contributed by atoms with Gasteiger partial charge >= 0.3 is 0 Å². The van der Waals surface area contributed by atoms with Gasteiger partial charge < -0.3 is 25.0 Å². The van der Waals surface area contributed by atoms with Gasteiger partial charge in [-0.25, -0.2) is 0 Å². The second kappa shape index (κ2) is 8.51. The molecule has 0 unspecified atom stereocenters. The summed E-state index contributed by atoms with van der Waals surface area (Å²) >= 11 is 0. The average molecular weight is 410 g/mol. The normalized spacial score (nSPS) is 18.4. The molecule has 0 aliphatic carbocycles. The van der Waals surface area contributed by atoms with Crippen molar-refractivity contribution in [2.24, 2.45) is 10.7 Å². The molecule has 30 heavy (non-hydrogen) atoms. The van der Waals surface area contributed by atoms with Crippen LogP contribution in [0.4, 0.5) is 5.69 Å². The monoisotopic (exact) mass is 410 g/mol. The summed E-state index contributed by atoms with van der Waals surface area (Å²) in [5.41, 5.74) is 8.46. The molecule has 2 aromatic rings. The van der Waals surface area contributed by atoms with Gasteiger partial charge in [0.2, 0.25) is 0 Å². The maximum atomic E-state index is 6.52. The molecule has 1 saturated heterocycles. The second-order valence-corrected chi connectivity index (χ2v) is 7.55. The summed E-state index contributed by atoms with van der Waals surface area (Å²) in [4.78, 5) is 19.5. The third kappa shape index (κ3) is 3.81. The summed E-state index contributed by atoms with van der Waals surface area (Å²) in [6, 6.07) is 11.7. The van der Waals surface area contributed by atoms with E-state index in [0.29, 0.717) is 25.7 Å². The van der Waals surface area contributed by atoms with Gasteiger partial charge in [-0.2, -0.15) is 4.89 Å². The van der Waals surface area contributed by atoms with Crippen LogP contribution in [0.1, 0.15) is 12.0 Å². The molecular formula is C22H26N4O4. The first-order valence-corrected chi connectivity index (χ1v) is 10.4. The highest BCUT2D eigenvalue weighted by molar-refractivity contribution is 5.72. The molecule has 0 spiro atoms. The Morgan fingerprint density at radius 2 is 2.03 bits per heavy atom. The minimum atomic E-state index is 0.402. The van der Waals surface area contributed by atoms with Gasteiger partial charge in [-0.05, 0) is 30.7 Å². The molecule has 3 heterocycles. The molecule has 0 radical (unpaired) electrons. The zero-order valence-electron chi connectivity index (χ0n) is 16.9. The summed E-state index contributed by atoms with van der Waals surface area (Å²) in [6.07, 6.45) is 0.986. The highest BCUT2D eigenvalue weighted by Crippen LogP contribution is 2.35. The summed E-state index contributed by atoms with van der Waals surface area (Å²) in [5.74, 6) is 2.22. The van der Waals surface area contributed by atoms with E-state index < -0.39 is 0 Å². The van der Waals surface area contributed by atoms with Crippen LogP contribution in [-0.2, 0) is 16.2 Å². The molecule has 0 aromatic heterocycles. The highest BCUT2D eigenvalue weighted by Gasteiger charge is 2.23. The van der Waals surface area contributed by atoms with E-state index in [1.54, 1.807) is 0 Å².